The van der Waals surface area contributed by atoms with E-state index in [1.165, 1.54) is 18.2 Å². The maximum absolute atomic E-state index is 12.4. The highest BCUT2D eigenvalue weighted by atomic mass is 35.5. The zero-order valence-corrected chi connectivity index (χ0v) is 11.7. The Hall–Kier alpha value is -1.48. The average Bonchev–Trinajstić information content (AvgIpc) is 2.27. The van der Waals surface area contributed by atoms with Gasteiger partial charge in [0.15, 0.2) is 0 Å². The minimum Gasteiger partial charge on any atom is -0.508 e. The number of rotatable bonds is 3. The number of hydrogen-bond donors (Lipinski definition) is 1. The highest BCUT2D eigenvalue weighted by Gasteiger charge is 2.27. The molecule has 0 fully saturated rings. The second-order valence-corrected chi connectivity index (χ2v) is 5.45. The molecule has 18 heavy (non-hydrogen) atoms. The number of carbonyl (C=O) groups excluding carboxylic acids is 1. The Bertz CT molecular complexity index is 463. The van der Waals surface area contributed by atoms with Crippen LogP contribution in [0.4, 0.5) is 0 Å². The predicted octanol–water partition coefficient (Wildman–Crippen LogP) is 3.47. The van der Waals surface area contributed by atoms with Gasteiger partial charge in [0, 0.05) is 12.1 Å². The number of amides is 1. The monoisotopic (exact) mass is 267 g/mol. The Balaban J connectivity index is 3.17. The maximum Gasteiger partial charge on any atom is 0.256 e. The quantitative estimate of drug-likeness (QED) is 0.852. The van der Waals surface area contributed by atoms with Crippen molar-refractivity contribution < 1.29 is 9.90 Å². The van der Waals surface area contributed by atoms with Gasteiger partial charge in [-0.15, -0.1) is 6.58 Å². The van der Waals surface area contributed by atoms with Gasteiger partial charge in [-0.2, -0.15) is 0 Å². The van der Waals surface area contributed by atoms with Crippen molar-refractivity contribution in [2.45, 2.75) is 26.3 Å². The summed E-state index contributed by atoms with van der Waals surface area (Å²) in [6, 6.07) is 4.35. The zero-order chi connectivity index (χ0) is 13.9. The van der Waals surface area contributed by atoms with E-state index < -0.39 is 0 Å². The van der Waals surface area contributed by atoms with E-state index in [0.29, 0.717) is 17.1 Å². The highest BCUT2D eigenvalue weighted by molar-refractivity contribution is 6.33. The third-order valence-corrected chi connectivity index (χ3v) is 2.88. The molecule has 0 bridgehead atoms. The van der Waals surface area contributed by atoms with E-state index in [9.17, 15) is 9.90 Å². The summed E-state index contributed by atoms with van der Waals surface area (Å²) in [5.41, 5.74) is -0.0477. The Morgan fingerprint density at radius 2 is 2.11 bits per heavy atom. The zero-order valence-electron chi connectivity index (χ0n) is 10.9. The molecular weight excluding hydrogens is 250 g/mol. The summed E-state index contributed by atoms with van der Waals surface area (Å²) >= 11 is 6.00. The van der Waals surface area contributed by atoms with E-state index in [1.807, 2.05) is 20.8 Å². The summed E-state index contributed by atoms with van der Waals surface area (Å²) < 4.78 is 0. The van der Waals surface area contributed by atoms with Gasteiger partial charge in [0.2, 0.25) is 0 Å². The summed E-state index contributed by atoms with van der Waals surface area (Å²) in [6.45, 7) is 9.89. The third-order valence-electron chi connectivity index (χ3n) is 2.55. The standard InChI is InChI=1S/C14H18ClNO2/c1-5-8-16(14(2,3)4)13(18)11-9-10(17)6-7-12(11)15/h5-7,9,17H,1,8H2,2-4H3. The van der Waals surface area contributed by atoms with Crippen molar-refractivity contribution in [3.8, 4) is 5.75 Å². The molecule has 98 valence electrons. The summed E-state index contributed by atoms with van der Waals surface area (Å²) in [6.07, 6.45) is 1.67. The number of nitrogens with zero attached hydrogens (tertiary/aromatic N) is 1. The lowest BCUT2D eigenvalue weighted by atomic mass is 10.0. The fourth-order valence-corrected chi connectivity index (χ4v) is 1.81. The third kappa shape index (κ3) is 3.26. The second-order valence-electron chi connectivity index (χ2n) is 5.04. The molecule has 0 spiro atoms. The molecule has 0 aliphatic heterocycles. The van der Waals surface area contributed by atoms with Crippen LogP contribution in [-0.4, -0.2) is 28.0 Å². The fourth-order valence-electron chi connectivity index (χ4n) is 1.61. The van der Waals surface area contributed by atoms with Crippen molar-refractivity contribution in [2.75, 3.05) is 6.54 Å². The van der Waals surface area contributed by atoms with Crippen LogP contribution in [-0.2, 0) is 0 Å². The minimum absolute atomic E-state index is 0.0233. The number of benzene rings is 1. The van der Waals surface area contributed by atoms with Crippen LogP contribution in [0.5, 0.6) is 5.75 Å². The normalized spacial score (nSPS) is 11.1. The second kappa shape index (κ2) is 5.44. The number of halogens is 1. The lowest BCUT2D eigenvalue weighted by molar-refractivity contribution is 0.0616. The van der Waals surface area contributed by atoms with Crippen molar-refractivity contribution in [1.29, 1.82) is 0 Å². The maximum atomic E-state index is 12.4. The van der Waals surface area contributed by atoms with Crippen LogP contribution in [0.3, 0.4) is 0 Å². The summed E-state index contributed by atoms with van der Waals surface area (Å²) in [5.74, 6) is -0.196. The molecule has 0 atom stereocenters. The Labute approximate surface area is 113 Å². The van der Waals surface area contributed by atoms with Gasteiger partial charge in [0.05, 0.1) is 10.6 Å². The van der Waals surface area contributed by atoms with Crippen LogP contribution in [0.25, 0.3) is 0 Å². The topological polar surface area (TPSA) is 40.5 Å². The van der Waals surface area contributed by atoms with E-state index in [1.54, 1.807) is 11.0 Å². The smallest absolute Gasteiger partial charge is 0.256 e. The van der Waals surface area contributed by atoms with Crippen molar-refractivity contribution >= 4 is 17.5 Å². The van der Waals surface area contributed by atoms with Crippen LogP contribution in [0, 0.1) is 0 Å². The van der Waals surface area contributed by atoms with Crippen LogP contribution >= 0.6 is 11.6 Å². The first-order valence-electron chi connectivity index (χ1n) is 5.68. The molecule has 1 aromatic carbocycles. The number of carbonyl (C=O) groups is 1. The molecule has 0 saturated heterocycles. The molecule has 0 aliphatic rings. The lowest BCUT2D eigenvalue weighted by Gasteiger charge is -2.35. The molecule has 1 amide bonds. The summed E-state index contributed by atoms with van der Waals surface area (Å²) in [4.78, 5) is 14.1. The van der Waals surface area contributed by atoms with Gasteiger partial charge in [0.25, 0.3) is 5.91 Å². The molecule has 0 radical (unpaired) electrons. The van der Waals surface area contributed by atoms with Gasteiger partial charge in [0.1, 0.15) is 5.75 Å². The summed E-state index contributed by atoms with van der Waals surface area (Å²) in [5, 5.41) is 9.78. The van der Waals surface area contributed by atoms with E-state index >= 15 is 0 Å². The van der Waals surface area contributed by atoms with Gasteiger partial charge in [-0.3, -0.25) is 4.79 Å². The molecule has 0 aromatic heterocycles. The Morgan fingerprint density at radius 1 is 1.50 bits per heavy atom. The molecule has 4 heteroatoms. The molecule has 1 N–H and O–H groups in total. The van der Waals surface area contributed by atoms with Crippen LogP contribution in [0.1, 0.15) is 31.1 Å². The van der Waals surface area contributed by atoms with Crippen molar-refractivity contribution in [1.82, 2.24) is 4.90 Å². The molecule has 3 nitrogen and oxygen atoms in total. The first-order chi connectivity index (χ1) is 8.27. The number of phenols is 1. The van der Waals surface area contributed by atoms with Crippen molar-refractivity contribution in [3.63, 3.8) is 0 Å². The Kier molecular flexibility index (Phi) is 4.41. The molecule has 0 unspecified atom stereocenters. The molecule has 1 aromatic rings. The van der Waals surface area contributed by atoms with E-state index in [2.05, 4.69) is 6.58 Å². The summed E-state index contributed by atoms with van der Waals surface area (Å²) in [7, 11) is 0. The number of phenolic OH excluding ortho intramolecular Hbond substituents is 1. The highest BCUT2D eigenvalue weighted by Crippen LogP contribution is 2.25. The fraction of sp³-hybridized carbons (Fsp3) is 0.357. The lowest BCUT2D eigenvalue weighted by Crippen LogP contribution is -2.45. The average molecular weight is 268 g/mol. The van der Waals surface area contributed by atoms with E-state index in [4.69, 9.17) is 11.6 Å². The van der Waals surface area contributed by atoms with Gasteiger partial charge < -0.3 is 10.0 Å². The molecule has 0 aliphatic carbocycles. The number of hydrogen-bond acceptors (Lipinski definition) is 2. The minimum atomic E-state index is -0.347. The molecule has 0 heterocycles. The first-order valence-corrected chi connectivity index (χ1v) is 6.06. The molecule has 0 saturated carbocycles. The van der Waals surface area contributed by atoms with Crippen molar-refractivity contribution in [3.05, 3.63) is 41.4 Å². The van der Waals surface area contributed by atoms with Gasteiger partial charge in [-0.05, 0) is 39.0 Å². The van der Waals surface area contributed by atoms with Crippen LogP contribution in [0.15, 0.2) is 30.9 Å². The van der Waals surface area contributed by atoms with E-state index in [-0.39, 0.29) is 17.2 Å². The Morgan fingerprint density at radius 3 is 2.61 bits per heavy atom. The van der Waals surface area contributed by atoms with E-state index in [0.717, 1.165) is 0 Å². The van der Waals surface area contributed by atoms with Gasteiger partial charge in [-0.25, -0.2) is 0 Å². The van der Waals surface area contributed by atoms with Gasteiger partial charge >= 0.3 is 0 Å². The number of aromatic hydroxyl groups is 1. The molecular formula is C14H18ClNO2. The first kappa shape index (κ1) is 14.6. The van der Waals surface area contributed by atoms with Crippen LogP contribution < -0.4 is 0 Å². The van der Waals surface area contributed by atoms with Gasteiger partial charge in [-0.1, -0.05) is 17.7 Å². The molecule has 1 rings (SSSR count). The van der Waals surface area contributed by atoms with Crippen molar-refractivity contribution in [2.24, 2.45) is 0 Å². The largest absolute Gasteiger partial charge is 0.508 e. The predicted molar refractivity (Wildman–Crippen MR) is 74.1 cm³/mol. The van der Waals surface area contributed by atoms with Crippen LogP contribution in [0.2, 0.25) is 5.02 Å². The SMILES string of the molecule is C=CCN(C(=O)c1cc(O)ccc1Cl)C(C)(C)C.